The molecule has 0 amide bonds. The number of hydrogen-bond donors (Lipinski definition) is 1. The summed E-state index contributed by atoms with van der Waals surface area (Å²) in [5.74, 6) is 0.473. The minimum absolute atomic E-state index is 0.176. The second-order valence-electron chi connectivity index (χ2n) is 7.38. The molecular formula is C18H31N. The molecule has 1 aliphatic rings. The van der Waals surface area contributed by atoms with Crippen LogP contribution >= 0.6 is 0 Å². The summed E-state index contributed by atoms with van der Waals surface area (Å²) in [4.78, 5) is 0. The fraction of sp³-hybridized carbons (Fsp3) is 0.667. The van der Waals surface area contributed by atoms with Crippen molar-refractivity contribution in [2.45, 2.75) is 59.9 Å². The van der Waals surface area contributed by atoms with Gasteiger partial charge in [-0.1, -0.05) is 49.8 Å². The van der Waals surface area contributed by atoms with Crippen molar-refractivity contribution in [1.29, 1.82) is 0 Å². The van der Waals surface area contributed by atoms with Gasteiger partial charge in [-0.2, -0.15) is 0 Å². The van der Waals surface area contributed by atoms with Gasteiger partial charge in [0.1, 0.15) is 0 Å². The van der Waals surface area contributed by atoms with E-state index in [1.54, 1.807) is 0 Å². The number of hydrogen-bond acceptors (Lipinski definition) is 1. The number of allylic oxidation sites excluding steroid dienone is 4. The van der Waals surface area contributed by atoms with Crippen LogP contribution in [0.4, 0.5) is 0 Å². The van der Waals surface area contributed by atoms with E-state index in [4.69, 9.17) is 0 Å². The first-order valence-electron chi connectivity index (χ1n) is 7.43. The molecule has 1 atom stereocenters. The molecule has 1 heteroatoms. The second-order valence-corrected chi connectivity index (χ2v) is 7.38. The summed E-state index contributed by atoms with van der Waals surface area (Å²) in [6.45, 7) is 18.6. The maximum absolute atomic E-state index is 4.17. The lowest BCUT2D eigenvalue weighted by atomic mass is 9.98. The summed E-state index contributed by atoms with van der Waals surface area (Å²) in [5.41, 5.74) is 3.36. The molecule has 1 fully saturated rings. The van der Waals surface area contributed by atoms with E-state index in [9.17, 15) is 0 Å². The van der Waals surface area contributed by atoms with Gasteiger partial charge in [-0.3, -0.25) is 0 Å². The molecule has 0 aromatic carbocycles. The number of nitrogens with one attached hydrogen (secondary N) is 1. The third-order valence-corrected chi connectivity index (χ3v) is 4.18. The lowest BCUT2D eigenvalue weighted by molar-refractivity contribution is 0.402. The summed E-state index contributed by atoms with van der Waals surface area (Å²) in [7, 11) is 0. The molecule has 1 unspecified atom stereocenters. The molecule has 19 heavy (non-hydrogen) atoms. The molecule has 1 N–H and O–H groups in total. The molecule has 1 rings (SSSR count). The molecule has 0 bridgehead atoms. The van der Waals surface area contributed by atoms with E-state index >= 15 is 0 Å². The Morgan fingerprint density at radius 3 is 2.42 bits per heavy atom. The highest BCUT2D eigenvalue weighted by Crippen LogP contribution is 2.51. The van der Waals surface area contributed by atoms with E-state index in [1.165, 1.54) is 24.0 Å². The van der Waals surface area contributed by atoms with Crippen molar-refractivity contribution in [3.05, 3.63) is 36.0 Å². The predicted molar refractivity (Wildman–Crippen MR) is 86.3 cm³/mol. The van der Waals surface area contributed by atoms with Gasteiger partial charge < -0.3 is 5.32 Å². The smallest absolute Gasteiger partial charge is 0.00967 e. The summed E-state index contributed by atoms with van der Waals surface area (Å²) in [6.07, 6.45) is 9.26. The highest BCUT2D eigenvalue weighted by molar-refractivity contribution is 5.27. The summed E-state index contributed by atoms with van der Waals surface area (Å²) >= 11 is 0. The fourth-order valence-corrected chi connectivity index (χ4v) is 1.85. The number of rotatable bonds is 6. The average molecular weight is 261 g/mol. The van der Waals surface area contributed by atoms with E-state index in [2.05, 4.69) is 71.7 Å². The summed E-state index contributed by atoms with van der Waals surface area (Å²) < 4.78 is 0. The first-order chi connectivity index (χ1) is 8.64. The molecule has 108 valence electrons. The molecule has 0 spiro atoms. The quantitative estimate of drug-likeness (QED) is 0.673. The Morgan fingerprint density at radius 2 is 1.95 bits per heavy atom. The largest absolute Gasteiger partial charge is 0.311 e. The van der Waals surface area contributed by atoms with Crippen LogP contribution in [0.2, 0.25) is 0 Å². The van der Waals surface area contributed by atoms with Crippen LogP contribution in [0.5, 0.6) is 0 Å². The van der Waals surface area contributed by atoms with Crippen molar-refractivity contribution in [1.82, 2.24) is 5.32 Å². The fourth-order valence-electron chi connectivity index (χ4n) is 1.85. The molecule has 0 aliphatic heterocycles. The molecule has 1 nitrogen and oxygen atoms in total. The van der Waals surface area contributed by atoms with E-state index < -0.39 is 0 Å². The van der Waals surface area contributed by atoms with E-state index in [-0.39, 0.29) is 5.54 Å². The van der Waals surface area contributed by atoms with Crippen LogP contribution < -0.4 is 5.32 Å². The third kappa shape index (κ3) is 5.78. The van der Waals surface area contributed by atoms with Crippen molar-refractivity contribution < 1.29 is 0 Å². The van der Waals surface area contributed by atoms with Crippen LogP contribution in [0.3, 0.4) is 0 Å². The van der Waals surface area contributed by atoms with Crippen molar-refractivity contribution in [3.63, 3.8) is 0 Å². The first-order valence-corrected chi connectivity index (χ1v) is 7.43. The standard InChI is InChI=1S/C18H31N/c1-14(15(2)13-19-17(4,5)6)9-8-10-16(3)18(7)11-12-18/h8-10,15,19H,1,11-13H2,2-7H3/b9-8-,16-10+. The summed E-state index contributed by atoms with van der Waals surface area (Å²) in [5, 5.41) is 3.53. The lowest BCUT2D eigenvalue weighted by Crippen LogP contribution is -2.38. The van der Waals surface area contributed by atoms with Crippen molar-refractivity contribution in [3.8, 4) is 0 Å². The van der Waals surface area contributed by atoms with Gasteiger partial charge in [0.2, 0.25) is 0 Å². The van der Waals surface area contributed by atoms with Gasteiger partial charge in [0.15, 0.2) is 0 Å². The zero-order valence-electron chi connectivity index (χ0n) is 13.6. The summed E-state index contributed by atoms with van der Waals surface area (Å²) in [6, 6.07) is 0. The second kappa shape index (κ2) is 6.09. The van der Waals surface area contributed by atoms with Crippen molar-refractivity contribution in [2.24, 2.45) is 11.3 Å². The minimum atomic E-state index is 0.176. The SMILES string of the molecule is C=C(/C=C\C=C(/C)C1(C)CC1)C(C)CNC(C)(C)C. The van der Waals surface area contributed by atoms with Gasteiger partial charge in [0.25, 0.3) is 0 Å². The predicted octanol–water partition coefficient (Wildman–Crippen LogP) is 4.87. The molecule has 0 aromatic heterocycles. The maximum atomic E-state index is 4.17. The van der Waals surface area contributed by atoms with Gasteiger partial charge in [0, 0.05) is 12.1 Å². The molecule has 0 aromatic rings. The third-order valence-electron chi connectivity index (χ3n) is 4.18. The Balaban J connectivity index is 2.41. The average Bonchev–Trinajstić information content (AvgIpc) is 3.04. The van der Waals surface area contributed by atoms with E-state index in [1.807, 2.05) is 0 Å². The molecule has 0 heterocycles. The monoisotopic (exact) mass is 261 g/mol. The van der Waals surface area contributed by atoms with Crippen molar-refractivity contribution >= 4 is 0 Å². The van der Waals surface area contributed by atoms with Gasteiger partial charge in [-0.25, -0.2) is 0 Å². The van der Waals surface area contributed by atoms with Gasteiger partial charge in [-0.15, -0.1) is 0 Å². The van der Waals surface area contributed by atoms with E-state index in [0.717, 1.165) is 6.54 Å². The molecule has 1 aliphatic carbocycles. The van der Waals surface area contributed by atoms with Gasteiger partial charge in [0.05, 0.1) is 0 Å². The van der Waals surface area contributed by atoms with Crippen molar-refractivity contribution in [2.75, 3.05) is 6.54 Å². The molecule has 0 radical (unpaired) electrons. The first kappa shape index (κ1) is 16.2. The Bertz CT molecular complexity index is 375. The lowest BCUT2D eigenvalue weighted by Gasteiger charge is -2.23. The van der Waals surface area contributed by atoms with Crippen LogP contribution in [0.1, 0.15) is 54.4 Å². The zero-order valence-corrected chi connectivity index (χ0v) is 13.6. The molecule has 0 saturated heterocycles. The molecular weight excluding hydrogens is 230 g/mol. The van der Waals surface area contributed by atoms with E-state index in [0.29, 0.717) is 11.3 Å². The Hall–Kier alpha value is -0.820. The zero-order chi connectivity index (χ0) is 14.7. The minimum Gasteiger partial charge on any atom is -0.311 e. The van der Waals surface area contributed by atoms with Crippen LogP contribution in [0, 0.1) is 11.3 Å². The Labute approximate surface area is 119 Å². The maximum Gasteiger partial charge on any atom is 0.00967 e. The van der Waals surface area contributed by atoms with Gasteiger partial charge >= 0.3 is 0 Å². The van der Waals surface area contributed by atoms with Crippen LogP contribution in [0.25, 0.3) is 0 Å². The highest BCUT2D eigenvalue weighted by atomic mass is 14.9. The van der Waals surface area contributed by atoms with Crippen LogP contribution in [-0.2, 0) is 0 Å². The van der Waals surface area contributed by atoms with Gasteiger partial charge in [-0.05, 0) is 51.9 Å². The molecule has 1 saturated carbocycles. The van der Waals surface area contributed by atoms with Crippen LogP contribution in [-0.4, -0.2) is 12.1 Å². The normalized spacial score (nSPS) is 20.6. The Kier molecular flexibility index (Phi) is 5.20. The highest BCUT2D eigenvalue weighted by Gasteiger charge is 2.38. The van der Waals surface area contributed by atoms with Crippen LogP contribution in [0.15, 0.2) is 36.0 Å². The Morgan fingerprint density at radius 1 is 1.37 bits per heavy atom. The topological polar surface area (TPSA) is 12.0 Å².